The van der Waals surface area contributed by atoms with Crippen molar-refractivity contribution in [3.8, 4) is 0 Å². The Morgan fingerprint density at radius 1 is 0.566 bits per heavy atom. The van der Waals surface area contributed by atoms with Crippen LogP contribution in [-0.2, 0) is 32.7 Å². The van der Waals surface area contributed by atoms with E-state index in [4.69, 9.17) is 24.3 Å². The summed E-state index contributed by atoms with van der Waals surface area (Å²) < 4.78 is 32.6. The number of allylic oxidation sites excluding steroid dienone is 16. The van der Waals surface area contributed by atoms with E-state index in [1.165, 1.54) is 0 Å². The number of nitrogens with two attached hydrogens (primary N) is 1. The molecule has 0 aromatic rings. The third kappa shape index (κ3) is 38.5. The average molecular weight is 760 g/mol. The predicted molar refractivity (Wildman–Crippen MR) is 219 cm³/mol. The summed E-state index contributed by atoms with van der Waals surface area (Å²) in [5, 5.41) is 0. The molecule has 0 spiro atoms. The third-order valence-corrected chi connectivity index (χ3v) is 8.45. The molecule has 0 heterocycles. The molecule has 0 saturated carbocycles. The van der Waals surface area contributed by atoms with Gasteiger partial charge in [-0.3, -0.25) is 18.6 Å². The van der Waals surface area contributed by atoms with Crippen molar-refractivity contribution in [1.29, 1.82) is 0 Å². The Labute approximate surface area is 321 Å². The second kappa shape index (κ2) is 38.6. The summed E-state index contributed by atoms with van der Waals surface area (Å²) >= 11 is 0. The summed E-state index contributed by atoms with van der Waals surface area (Å²) in [7, 11) is -4.40. The smallest absolute Gasteiger partial charge is 0.462 e. The van der Waals surface area contributed by atoms with Crippen molar-refractivity contribution in [2.45, 2.75) is 136 Å². The first kappa shape index (κ1) is 49.9. The lowest BCUT2D eigenvalue weighted by Gasteiger charge is -2.19. The van der Waals surface area contributed by atoms with E-state index in [-0.39, 0.29) is 32.6 Å². The van der Waals surface area contributed by atoms with Crippen LogP contribution in [0.5, 0.6) is 0 Å². The van der Waals surface area contributed by atoms with Crippen LogP contribution in [0.15, 0.2) is 97.2 Å². The molecule has 0 rings (SSSR count). The fraction of sp³-hybridized carbons (Fsp3) is 0.581. The number of unbranched alkanes of at least 4 members (excludes halogenated alkanes) is 6. The van der Waals surface area contributed by atoms with Crippen molar-refractivity contribution >= 4 is 19.8 Å². The average Bonchev–Trinajstić information content (AvgIpc) is 3.14. The second-order valence-electron chi connectivity index (χ2n) is 12.4. The molecule has 0 amide bonds. The normalized spacial score (nSPS) is 14.4. The zero-order valence-corrected chi connectivity index (χ0v) is 33.6. The zero-order chi connectivity index (χ0) is 38.9. The first-order valence-electron chi connectivity index (χ1n) is 19.7. The fourth-order valence-electron chi connectivity index (χ4n) is 4.62. The topological polar surface area (TPSA) is 134 Å². The van der Waals surface area contributed by atoms with Crippen LogP contribution in [0.3, 0.4) is 0 Å². The molecule has 0 aliphatic rings. The molecule has 0 fully saturated rings. The van der Waals surface area contributed by atoms with Gasteiger partial charge in [0, 0.05) is 19.4 Å². The Kier molecular flexibility index (Phi) is 36.4. The fourth-order valence-corrected chi connectivity index (χ4v) is 5.39. The number of hydrogen-bond acceptors (Lipinski definition) is 8. The first-order chi connectivity index (χ1) is 25.8. The van der Waals surface area contributed by atoms with Gasteiger partial charge in [0.1, 0.15) is 6.61 Å². The second-order valence-corrected chi connectivity index (χ2v) is 13.8. The molecule has 9 nitrogen and oxygen atoms in total. The van der Waals surface area contributed by atoms with Gasteiger partial charge in [0.2, 0.25) is 0 Å². The molecule has 0 bridgehead atoms. The van der Waals surface area contributed by atoms with Crippen molar-refractivity contribution < 1.29 is 37.6 Å². The Balaban J connectivity index is 4.36. The van der Waals surface area contributed by atoms with Gasteiger partial charge < -0.3 is 20.1 Å². The predicted octanol–water partition coefficient (Wildman–Crippen LogP) is 11.0. The molecule has 0 radical (unpaired) electrons. The molecule has 10 heteroatoms. The zero-order valence-electron chi connectivity index (χ0n) is 32.7. The van der Waals surface area contributed by atoms with E-state index < -0.39 is 32.5 Å². The van der Waals surface area contributed by atoms with Crippen LogP contribution < -0.4 is 5.73 Å². The van der Waals surface area contributed by atoms with Crippen LogP contribution in [0.4, 0.5) is 0 Å². The van der Waals surface area contributed by atoms with Crippen LogP contribution >= 0.6 is 7.82 Å². The molecule has 53 heavy (non-hydrogen) atoms. The minimum absolute atomic E-state index is 0.0370. The van der Waals surface area contributed by atoms with Crippen molar-refractivity contribution in [1.82, 2.24) is 0 Å². The van der Waals surface area contributed by atoms with Gasteiger partial charge in [-0.25, -0.2) is 4.57 Å². The standard InChI is InChI=1S/C43H70NO8P/c1-3-5-7-9-11-13-15-17-19-20-22-23-25-27-29-31-33-35-42(45)49-39-41(40-51-53(47,48)50-38-37-44)52-43(46)36-34-32-30-28-26-24-21-18-16-14-12-10-8-6-4-2/h5-8,11-14,17-19,21-23,27,29,41H,3-4,9-10,15-16,20,24-26,28,30-40,44H2,1-2H3,(H,47,48)/b7-5+,8-6+,13-11+,14-12+,19-17+,21-18+,23-22+,29-27+/t41-/m1/s1. The molecule has 2 atom stereocenters. The Bertz CT molecular complexity index is 1180. The first-order valence-corrected chi connectivity index (χ1v) is 21.2. The molecular formula is C43H70NO8P. The number of carbonyl (C=O) groups is 2. The van der Waals surface area contributed by atoms with Crippen molar-refractivity contribution in [2.24, 2.45) is 5.73 Å². The van der Waals surface area contributed by atoms with Crippen molar-refractivity contribution in [3.63, 3.8) is 0 Å². The molecule has 1 unspecified atom stereocenters. The molecule has 0 aromatic heterocycles. The molecule has 300 valence electrons. The number of rotatable bonds is 35. The van der Waals surface area contributed by atoms with Gasteiger partial charge in [0.15, 0.2) is 6.10 Å². The van der Waals surface area contributed by atoms with Crippen LogP contribution in [0.1, 0.15) is 129 Å². The van der Waals surface area contributed by atoms with Crippen LogP contribution in [0.2, 0.25) is 0 Å². The monoisotopic (exact) mass is 759 g/mol. The van der Waals surface area contributed by atoms with E-state index in [9.17, 15) is 19.0 Å². The lowest BCUT2D eigenvalue weighted by Crippen LogP contribution is -2.29. The van der Waals surface area contributed by atoms with Crippen LogP contribution in [0.25, 0.3) is 0 Å². The number of phosphoric ester groups is 1. The Morgan fingerprint density at radius 2 is 1.00 bits per heavy atom. The van der Waals surface area contributed by atoms with Gasteiger partial charge in [-0.05, 0) is 83.5 Å². The van der Waals surface area contributed by atoms with E-state index in [0.717, 1.165) is 89.9 Å². The Morgan fingerprint density at radius 3 is 1.51 bits per heavy atom. The van der Waals surface area contributed by atoms with E-state index in [1.807, 2.05) is 6.08 Å². The molecule has 0 aliphatic carbocycles. The van der Waals surface area contributed by atoms with E-state index in [2.05, 4.69) is 105 Å². The van der Waals surface area contributed by atoms with E-state index in [0.29, 0.717) is 12.8 Å². The number of carbonyl (C=O) groups excluding carboxylic acids is 2. The van der Waals surface area contributed by atoms with E-state index in [1.54, 1.807) is 0 Å². The number of hydrogen-bond donors (Lipinski definition) is 2. The summed E-state index contributed by atoms with van der Waals surface area (Å²) in [6.07, 6.45) is 48.7. The summed E-state index contributed by atoms with van der Waals surface area (Å²) in [5.41, 5.74) is 5.33. The largest absolute Gasteiger partial charge is 0.472 e. The van der Waals surface area contributed by atoms with Gasteiger partial charge in [0.25, 0.3) is 0 Å². The number of esters is 2. The molecular weight excluding hydrogens is 689 g/mol. The highest BCUT2D eigenvalue weighted by atomic mass is 31.2. The van der Waals surface area contributed by atoms with Crippen LogP contribution in [-0.4, -0.2) is 49.3 Å². The van der Waals surface area contributed by atoms with Gasteiger partial charge >= 0.3 is 19.8 Å². The van der Waals surface area contributed by atoms with Crippen molar-refractivity contribution in [3.05, 3.63) is 97.2 Å². The lowest BCUT2D eigenvalue weighted by atomic mass is 10.1. The summed E-state index contributed by atoms with van der Waals surface area (Å²) in [6.45, 7) is 3.38. The summed E-state index contributed by atoms with van der Waals surface area (Å²) in [6, 6.07) is 0. The highest BCUT2D eigenvalue weighted by molar-refractivity contribution is 7.47. The molecule has 0 aromatic carbocycles. The minimum atomic E-state index is -4.40. The molecule has 0 saturated heterocycles. The van der Waals surface area contributed by atoms with Gasteiger partial charge in [-0.2, -0.15) is 0 Å². The van der Waals surface area contributed by atoms with Gasteiger partial charge in [-0.15, -0.1) is 0 Å². The summed E-state index contributed by atoms with van der Waals surface area (Å²) in [5.74, 6) is -0.930. The van der Waals surface area contributed by atoms with Crippen molar-refractivity contribution in [2.75, 3.05) is 26.4 Å². The van der Waals surface area contributed by atoms with Crippen LogP contribution in [0, 0.1) is 0 Å². The highest BCUT2D eigenvalue weighted by Gasteiger charge is 2.25. The maximum atomic E-state index is 12.5. The van der Waals surface area contributed by atoms with Gasteiger partial charge in [-0.1, -0.05) is 130 Å². The SMILES string of the molecule is CC/C=C/C/C=C/C/C=C/C/C=C/C/C=C/CCCC(=O)OC[C@H](COP(=O)(O)OCCN)OC(=O)CCCCCCC/C=C/C/C=C/C/C=C/CC. The number of ether oxygens (including phenoxy) is 2. The molecule has 0 aliphatic heterocycles. The highest BCUT2D eigenvalue weighted by Crippen LogP contribution is 2.43. The Hall–Kier alpha value is -3.07. The maximum Gasteiger partial charge on any atom is 0.472 e. The summed E-state index contributed by atoms with van der Waals surface area (Å²) in [4.78, 5) is 34.8. The lowest BCUT2D eigenvalue weighted by molar-refractivity contribution is -0.161. The quantitative estimate of drug-likeness (QED) is 0.0280. The van der Waals surface area contributed by atoms with E-state index >= 15 is 0 Å². The third-order valence-electron chi connectivity index (χ3n) is 7.47. The minimum Gasteiger partial charge on any atom is -0.462 e. The maximum absolute atomic E-state index is 12.5. The van der Waals surface area contributed by atoms with Gasteiger partial charge in [0.05, 0.1) is 13.2 Å². The number of phosphoric acid groups is 1. The molecule has 3 N–H and O–H groups in total.